The van der Waals surface area contributed by atoms with Gasteiger partial charge < -0.3 is 14.9 Å². The van der Waals surface area contributed by atoms with Crippen LogP contribution in [0.25, 0.3) is 0 Å². The number of aliphatic hydroxyl groups excluding tert-OH is 2. The summed E-state index contributed by atoms with van der Waals surface area (Å²) in [7, 11) is 0. The van der Waals surface area contributed by atoms with Crippen LogP contribution in [0.4, 0.5) is 0 Å². The largest absolute Gasteiger partial charge is 0.391 e. The molecular weight excluding hydrogens is 132 g/mol. The molecule has 0 aliphatic carbocycles. The number of hydrogen-bond acceptors (Lipinski definition) is 3. The van der Waals surface area contributed by atoms with Crippen molar-refractivity contribution in [3.63, 3.8) is 0 Å². The number of hydrogen-bond donors (Lipinski definition) is 2. The third-order valence-corrected chi connectivity index (χ3v) is 1.61. The van der Waals surface area contributed by atoms with E-state index in [0.717, 1.165) is 0 Å². The molecule has 1 fully saturated rings. The molecule has 0 unspecified atom stereocenters. The van der Waals surface area contributed by atoms with Crippen LogP contribution in [0.15, 0.2) is 12.7 Å². The lowest BCUT2D eigenvalue weighted by Crippen LogP contribution is -2.39. The van der Waals surface area contributed by atoms with Gasteiger partial charge in [-0.1, -0.05) is 6.08 Å². The molecule has 1 rings (SSSR count). The Hall–Kier alpha value is -0.380. The maximum Gasteiger partial charge on any atom is 0.101 e. The van der Waals surface area contributed by atoms with Gasteiger partial charge in [-0.15, -0.1) is 6.58 Å². The van der Waals surface area contributed by atoms with Gasteiger partial charge in [0.15, 0.2) is 0 Å². The van der Waals surface area contributed by atoms with Crippen molar-refractivity contribution in [3.05, 3.63) is 12.7 Å². The average Bonchev–Trinajstić information content (AvgIpc) is 1.88. The molecule has 0 aromatic carbocycles. The quantitative estimate of drug-likeness (QED) is 0.496. The molecule has 1 heterocycles. The lowest BCUT2D eigenvalue weighted by atomic mass is 10.0. The molecule has 3 atom stereocenters. The van der Waals surface area contributed by atoms with Crippen molar-refractivity contribution in [2.45, 2.75) is 24.7 Å². The Labute approximate surface area is 59.9 Å². The van der Waals surface area contributed by atoms with E-state index in [0.29, 0.717) is 13.0 Å². The molecule has 0 amide bonds. The molecule has 2 N–H and O–H groups in total. The molecule has 0 aromatic rings. The highest BCUT2D eigenvalue weighted by Crippen LogP contribution is 2.14. The van der Waals surface area contributed by atoms with Crippen molar-refractivity contribution in [1.82, 2.24) is 0 Å². The van der Waals surface area contributed by atoms with Crippen LogP contribution in [-0.2, 0) is 4.74 Å². The Morgan fingerprint density at radius 1 is 1.50 bits per heavy atom. The monoisotopic (exact) mass is 144 g/mol. The van der Waals surface area contributed by atoms with Gasteiger partial charge in [0.25, 0.3) is 0 Å². The molecular formula is C7H12O3. The summed E-state index contributed by atoms with van der Waals surface area (Å²) in [6, 6.07) is 0. The van der Waals surface area contributed by atoms with Gasteiger partial charge in [0.1, 0.15) is 6.10 Å². The summed E-state index contributed by atoms with van der Waals surface area (Å²) in [6.07, 6.45) is 0.517. The summed E-state index contributed by atoms with van der Waals surface area (Å²) < 4.78 is 5.03. The van der Waals surface area contributed by atoms with Crippen LogP contribution in [0.2, 0.25) is 0 Å². The van der Waals surface area contributed by atoms with Gasteiger partial charge in [-0.2, -0.15) is 0 Å². The molecule has 0 saturated carbocycles. The van der Waals surface area contributed by atoms with Crippen molar-refractivity contribution in [1.29, 1.82) is 0 Å². The maximum atomic E-state index is 9.18. The van der Waals surface area contributed by atoms with Gasteiger partial charge in [-0.25, -0.2) is 0 Å². The minimum absolute atomic E-state index is 0.299. The van der Waals surface area contributed by atoms with Crippen LogP contribution in [0.3, 0.4) is 0 Å². The topological polar surface area (TPSA) is 49.7 Å². The van der Waals surface area contributed by atoms with Crippen LogP contribution in [-0.4, -0.2) is 35.1 Å². The SMILES string of the molecule is C=C[C@H]1OC[C@H](O)C[C@@H]1O. The Morgan fingerprint density at radius 2 is 2.20 bits per heavy atom. The maximum absolute atomic E-state index is 9.18. The molecule has 0 aromatic heterocycles. The zero-order valence-electron chi connectivity index (χ0n) is 5.73. The first kappa shape index (κ1) is 7.72. The third-order valence-electron chi connectivity index (χ3n) is 1.61. The highest BCUT2D eigenvalue weighted by atomic mass is 16.5. The fourth-order valence-electron chi connectivity index (χ4n) is 1.04. The summed E-state index contributed by atoms with van der Waals surface area (Å²) in [5.41, 5.74) is 0. The molecule has 1 saturated heterocycles. The van der Waals surface area contributed by atoms with Crippen LogP contribution in [0, 0.1) is 0 Å². The first-order chi connectivity index (χ1) is 4.74. The summed E-state index contributed by atoms with van der Waals surface area (Å²) in [5, 5.41) is 18.2. The molecule has 58 valence electrons. The van der Waals surface area contributed by atoms with E-state index < -0.39 is 12.2 Å². The van der Waals surface area contributed by atoms with Gasteiger partial charge in [-0.05, 0) is 0 Å². The zero-order chi connectivity index (χ0) is 7.56. The molecule has 0 bridgehead atoms. The van der Waals surface area contributed by atoms with E-state index in [1.54, 1.807) is 6.08 Å². The van der Waals surface area contributed by atoms with Gasteiger partial charge in [0.2, 0.25) is 0 Å². The summed E-state index contributed by atoms with van der Waals surface area (Å²) in [6.45, 7) is 3.79. The van der Waals surface area contributed by atoms with E-state index in [2.05, 4.69) is 6.58 Å². The third kappa shape index (κ3) is 1.56. The first-order valence-corrected chi connectivity index (χ1v) is 3.34. The van der Waals surface area contributed by atoms with Crippen molar-refractivity contribution >= 4 is 0 Å². The second kappa shape index (κ2) is 3.14. The Kier molecular flexibility index (Phi) is 2.43. The van der Waals surface area contributed by atoms with Crippen molar-refractivity contribution in [2.75, 3.05) is 6.61 Å². The van der Waals surface area contributed by atoms with Gasteiger partial charge in [0, 0.05) is 6.42 Å². The Balaban J connectivity index is 2.43. The lowest BCUT2D eigenvalue weighted by Gasteiger charge is -2.28. The second-order valence-corrected chi connectivity index (χ2v) is 2.49. The highest BCUT2D eigenvalue weighted by Gasteiger charge is 2.26. The molecule has 0 spiro atoms. The Morgan fingerprint density at radius 3 is 2.70 bits per heavy atom. The van der Waals surface area contributed by atoms with E-state index >= 15 is 0 Å². The van der Waals surface area contributed by atoms with Crippen LogP contribution < -0.4 is 0 Å². The fourth-order valence-corrected chi connectivity index (χ4v) is 1.04. The fraction of sp³-hybridized carbons (Fsp3) is 0.714. The minimum atomic E-state index is -0.596. The lowest BCUT2D eigenvalue weighted by molar-refractivity contribution is -0.103. The van der Waals surface area contributed by atoms with Crippen LogP contribution >= 0.6 is 0 Å². The molecule has 0 radical (unpaired) electrons. The smallest absolute Gasteiger partial charge is 0.101 e. The van der Waals surface area contributed by atoms with E-state index in [1.807, 2.05) is 0 Å². The van der Waals surface area contributed by atoms with Gasteiger partial charge in [-0.3, -0.25) is 0 Å². The number of rotatable bonds is 1. The minimum Gasteiger partial charge on any atom is -0.391 e. The average molecular weight is 144 g/mol. The van der Waals surface area contributed by atoms with Gasteiger partial charge >= 0.3 is 0 Å². The molecule has 3 heteroatoms. The normalized spacial score (nSPS) is 41.2. The standard InChI is InChI=1S/C7H12O3/c1-2-7-6(9)3-5(8)4-10-7/h2,5-9H,1,3-4H2/t5-,6+,7-/m1/s1. The molecule has 1 aliphatic heterocycles. The Bertz CT molecular complexity index is 124. The van der Waals surface area contributed by atoms with E-state index in [1.165, 1.54) is 0 Å². The predicted molar refractivity (Wildman–Crippen MR) is 36.6 cm³/mol. The summed E-state index contributed by atoms with van der Waals surface area (Å²) in [5.74, 6) is 0. The first-order valence-electron chi connectivity index (χ1n) is 3.34. The second-order valence-electron chi connectivity index (χ2n) is 2.49. The number of ether oxygens (including phenoxy) is 1. The summed E-state index contributed by atoms with van der Waals surface area (Å²) in [4.78, 5) is 0. The molecule has 3 nitrogen and oxygen atoms in total. The van der Waals surface area contributed by atoms with Crippen molar-refractivity contribution < 1.29 is 14.9 Å². The predicted octanol–water partition coefficient (Wildman–Crippen LogP) is -0.317. The number of aliphatic hydroxyl groups is 2. The van der Waals surface area contributed by atoms with E-state index in [4.69, 9.17) is 9.84 Å². The van der Waals surface area contributed by atoms with Crippen LogP contribution in [0.1, 0.15) is 6.42 Å². The van der Waals surface area contributed by atoms with Crippen LogP contribution in [0.5, 0.6) is 0 Å². The summed E-state index contributed by atoms with van der Waals surface area (Å²) >= 11 is 0. The van der Waals surface area contributed by atoms with E-state index in [9.17, 15) is 5.11 Å². The van der Waals surface area contributed by atoms with Crippen molar-refractivity contribution in [2.24, 2.45) is 0 Å². The molecule has 1 aliphatic rings. The van der Waals surface area contributed by atoms with Crippen molar-refractivity contribution in [3.8, 4) is 0 Å². The molecule has 10 heavy (non-hydrogen) atoms. The highest BCUT2D eigenvalue weighted by molar-refractivity contribution is 4.90. The van der Waals surface area contributed by atoms with E-state index in [-0.39, 0.29) is 6.10 Å². The zero-order valence-corrected chi connectivity index (χ0v) is 5.73. The van der Waals surface area contributed by atoms with Gasteiger partial charge in [0.05, 0.1) is 18.8 Å².